The first-order valence-electron chi connectivity index (χ1n) is 11.9. The summed E-state index contributed by atoms with van der Waals surface area (Å²) < 4.78 is 37.6. The Hall–Kier alpha value is -2.49. The molecule has 0 aliphatic carbocycles. The maximum atomic E-state index is 13.4. The fourth-order valence-electron chi connectivity index (χ4n) is 4.36. The lowest BCUT2D eigenvalue weighted by Crippen LogP contribution is -2.49. The Morgan fingerprint density at radius 1 is 0.973 bits per heavy atom. The molecule has 10 heteroatoms. The molecule has 1 aliphatic rings. The Kier molecular flexibility index (Phi) is 8.87. The lowest BCUT2D eigenvalue weighted by atomic mass is 10.1. The minimum Gasteiger partial charge on any atom is -0.497 e. The van der Waals surface area contributed by atoms with Gasteiger partial charge in [0.25, 0.3) is 0 Å². The summed E-state index contributed by atoms with van der Waals surface area (Å²) in [7, 11) is -2.46. The van der Waals surface area contributed by atoms with Gasteiger partial charge in [-0.1, -0.05) is 41.4 Å². The number of piperazine rings is 1. The Labute approximate surface area is 228 Å². The van der Waals surface area contributed by atoms with E-state index in [9.17, 15) is 13.5 Å². The fourth-order valence-corrected chi connectivity index (χ4v) is 6.19. The summed E-state index contributed by atoms with van der Waals surface area (Å²) in [5.74, 6) is 0.459. The van der Waals surface area contributed by atoms with Crippen LogP contribution in [-0.4, -0.2) is 71.0 Å². The SMILES string of the molecule is COc1ccc(S(=O)(=O)c2ccc(Cl)c(Cl)c2OCC(O)CN2CCN(c3ccccc3C)CC2)cc1. The lowest BCUT2D eigenvalue weighted by molar-refractivity contribution is 0.0653. The molecule has 0 spiro atoms. The molecule has 3 aromatic carbocycles. The number of ether oxygens (including phenoxy) is 2. The van der Waals surface area contributed by atoms with Gasteiger partial charge >= 0.3 is 0 Å². The van der Waals surface area contributed by atoms with Gasteiger partial charge in [0.05, 0.1) is 17.0 Å². The average molecular weight is 566 g/mol. The first-order valence-corrected chi connectivity index (χ1v) is 14.2. The number of aliphatic hydroxyl groups excluding tert-OH is 1. The summed E-state index contributed by atoms with van der Waals surface area (Å²) in [5.41, 5.74) is 2.47. The zero-order valence-corrected chi connectivity index (χ0v) is 23.1. The van der Waals surface area contributed by atoms with E-state index in [-0.39, 0.29) is 32.2 Å². The second kappa shape index (κ2) is 11.9. The number of aliphatic hydroxyl groups is 1. The normalized spacial score (nSPS) is 15.4. The van der Waals surface area contributed by atoms with E-state index < -0.39 is 15.9 Å². The number of rotatable bonds is 9. The molecule has 4 rings (SSSR count). The van der Waals surface area contributed by atoms with Gasteiger partial charge in [-0.05, 0) is 55.0 Å². The molecule has 0 amide bonds. The average Bonchev–Trinajstić information content (AvgIpc) is 2.90. The molecule has 1 saturated heterocycles. The van der Waals surface area contributed by atoms with Crippen molar-refractivity contribution in [2.24, 2.45) is 0 Å². The van der Waals surface area contributed by atoms with E-state index in [0.29, 0.717) is 12.3 Å². The molecule has 0 aromatic heterocycles. The van der Waals surface area contributed by atoms with E-state index in [1.807, 2.05) is 12.1 Å². The third-order valence-electron chi connectivity index (χ3n) is 6.39. The lowest BCUT2D eigenvalue weighted by Gasteiger charge is -2.37. The summed E-state index contributed by atoms with van der Waals surface area (Å²) >= 11 is 12.5. The topological polar surface area (TPSA) is 79.3 Å². The molecule has 0 radical (unpaired) electrons. The largest absolute Gasteiger partial charge is 0.497 e. The van der Waals surface area contributed by atoms with E-state index in [4.69, 9.17) is 32.7 Å². The molecule has 1 atom stereocenters. The van der Waals surface area contributed by atoms with Crippen LogP contribution in [0.4, 0.5) is 5.69 Å². The van der Waals surface area contributed by atoms with Crippen LogP contribution in [0.25, 0.3) is 0 Å². The van der Waals surface area contributed by atoms with Crippen LogP contribution in [0.2, 0.25) is 10.0 Å². The number of β-amino-alcohol motifs (C(OH)–C–C–N with tert-alkyl or cyclic N) is 1. The van der Waals surface area contributed by atoms with E-state index in [1.165, 1.54) is 42.6 Å². The predicted molar refractivity (Wildman–Crippen MR) is 146 cm³/mol. The number of nitrogens with zero attached hydrogens (tertiary/aromatic N) is 2. The minimum absolute atomic E-state index is 0.0182. The quantitative estimate of drug-likeness (QED) is 0.403. The third kappa shape index (κ3) is 6.33. The minimum atomic E-state index is -3.97. The van der Waals surface area contributed by atoms with Crippen LogP contribution in [0, 0.1) is 6.92 Å². The van der Waals surface area contributed by atoms with Gasteiger partial charge in [-0.25, -0.2) is 8.42 Å². The van der Waals surface area contributed by atoms with Crippen molar-refractivity contribution in [1.82, 2.24) is 4.90 Å². The van der Waals surface area contributed by atoms with Crippen molar-refractivity contribution in [1.29, 1.82) is 0 Å². The highest BCUT2D eigenvalue weighted by molar-refractivity contribution is 7.91. The molecule has 37 heavy (non-hydrogen) atoms. The number of hydrogen-bond acceptors (Lipinski definition) is 7. The van der Waals surface area contributed by atoms with Gasteiger partial charge in [0, 0.05) is 38.4 Å². The van der Waals surface area contributed by atoms with Crippen LogP contribution in [0.3, 0.4) is 0 Å². The van der Waals surface area contributed by atoms with Crippen molar-refractivity contribution < 1.29 is 23.0 Å². The van der Waals surface area contributed by atoms with E-state index in [1.54, 1.807) is 12.1 Å². The molecular formula is C27H30Cl2N2O5S. The molecule has 0 saturated carbocycles. The summed E-state index contributed by atoms with van der Waals surface area (Å²) in [4.78, 5) is 4.45. The van der Waals surface area contributed by atoms with Gasteiger partial charge in [-0.3, -0.25) is 4.90 Å². The number of para-hydroxylation sites is 1. The van der Waals surface area contributed by atoms with E-state index >= 15 is 0 Å². The van der Waals surface area contributed by atoms with Crippen molar-refractivity contribution in [3.05, 3.63) is 76.3 Å². The zero-order valence-electron chi connectivity index (χ0n) is 20.7. The Morgan fingerprint density at radius 2 is 1.65 bits per heavy atom. The fraction of sp³-hybridized carbons (Fsp3) is 0.333. The first kappa shape index (κ1) is 27.5. The Morgan fingerprint density at radius 3 is 2.30 bits per heavy atom. The molecule has 7 nitrogen and oxygen atoms in total. The highest BCUT2D eigenvalue weighted by atomic mass is 35.5. The number of benzene rings is 3. The summed E-state index contributed by atoms with van der Waals surface area (Å²) in [6.07, 6.45) is -0.850. The van der Waals surface area contributed by atoms with Gasteiger partial charge in [0.2, 0.25) is 9.84 Å². The molecule has 1 fully saturated rings. The number of hydrogen-bond donors (Lipinski definition) is 1. The molecule has 198 valence electrons. The predicted octanol–water partition coefficient (Wildman–Crippen LogP) is 4.71. The van der Waals surface area contributed by atoms with Crippen LogP contribution in [0.15, 0.2) is 70.5 Å². The second-order valence-electron chi connectivity index (χ2n) is 8.91. The van der Waals surface area contributed by atoms with Crippen molar-refractivity contribution in [3.63, 3.8) is 0 Å². The standard InChI is InChI=1S/C27H30Cl2N2O5S/c1-19-5-3-4-6-24(19)31-15-13-30(14-16-31)17-20(32)18-36-27-25(12-11-23(28)26(27)29)37(33,34)22-9-7-21(35-2)8-10-22/h3-12,20,32H,13-18H2,1-2H3. The van der Waals surface area contributed by atoms with Gasteiger partial charge < -0.3 is 19.5 Å². The molecule has 1 aliphatic heterocycles. The van der Waals surface area contributed by atoms with Crippen LogP contribution < -0.4 is 14.4 Å². The second-order valence-corrected chi connectivity index (χ2v) is 11.6. The Bertz CT molecular complexity index is 1330. The molecule has 1 heterocycles. The van der Waals surface area contributed by atoms with Crippen molar-refractivity contribution in [2.75, 3.05) is 51.3 Å². The van der Waals surface area contributed by atoms with Gasteiger partial charge in [0.1, 0.15) is 28.4 Å². The number of halogens is 2. The van der Waals surface area contributed by atoms with Crippen LogP contribution >= 0.6 is 23.2 Å². The summed E-state index contributed by atoms with van der Waals surface area (Å²) in [6, 6.07) is 17.1. The van der Waals surface area contributed by atoms with Crippen molar-refractivity contribution >= 4 is 38.7 Å². The van der Waals surface area contributed by atoms with Crippen LogP contribution in [0.1, 0.15) is 5.56 Å². The highest BCUT2D eigenvalue weighted by Gasteiger charge is 2.27. The molecule has 0 bridgehead atoms. The van der Waals surface area contributed by atoms with E-state index in [0.717, 1.165) is 26.2 Å². The van der Waals surface area contributed by atoms with E-state index in [2.05, 4.69) is 28.9 Å². The zero-order chi connectivity index (χ0) is 26.6. The number of methoxy groups -OCH3 is 1. The third-order valence-corrected chi connectivity index (χ3v) is 8.97. The van der Waals surface area contributed by atoms with Crippen LogP contribution in [0.5, 0.6) is 11.5 Å². The maximum absolute atomic E-state index is 13.4. The first-order chi connectivity index (χ1) is 17.7. The number of sulfone groups is 1. The molecular weight excluding hydrogens is 535 g/mol. The van der Waals surface area contributed by atoms with Gasteiger partial charge in [-0.15, -0.1) is 0 Å². The molecule has 3 aromatic rings. The number of anilines is 1. The maximum Gasteiger partial charge on any atom is 0.210 e. The monoisotopic (exact) mass is 564 g/mol. The summed E-state index contributed by atoms with van der Waals surface area (Å²) in [6.45, 7) is 5.64. The molecule has 1 unspecified atom stereocenters. The van der Waals surface area contributed by atoms with Crippen molar-refractivity contribution in [3.8, 4) is 11.5 Å². The van der Waals surface area contributed by atoms with Gasteiger partial charge in [0.15, 0.2) is 5.75 Å². The highest BCUT2D eigenvalue weighted by Crippen LogP contribution is 2.40. The summed E-state index contributed by atoms with van der Waals surface area (Å²) in [5, 5.41) is 10.8. The van der Waals surface area contributed by atoms with Gasteiger partial charge in [-0.2, -0.15) is 0 Å². The smallest absolute Gasteiger partial charge is 0.210 e. The van der Waals surface area contributed by atoms with Crippen molar-refractivity contribution in [2.45, 2.75) is 22.8 Å². The number of aryl methyl sites for hydroxylation is 1. The Balaban J connectivity index is 1.41. The molecule has 1 N–H and O–H groups in total. The van der Waals surface area contributed by atoms with Crippen LogP contribution in [-0.2, 0) is 9.84 Å².